The van der Waals surface area contributed by atoms with Crippen molar-refractivity contribution in [2.75, 3.05) is 4.90 Å². The number of anilines is 3. The fourth-order valence-corrected chi connectivity index (χ4v) is 10.5. The number of para-hydroxylation sites is 2. The van der Waals surface area contributed by atoms with E-state index < -0.39 is 0 Å². The smallest absolute Gasteiger partial charge is 0.136 e. The third-order valence-electron chi connectivity index (χ3n) is 12.1. The van der Waals surface area contributed by atoms with Gasteiger partial charge in [-0.2, -0.15) is 0 Å². The summed E-state index contributed by atoms with van der Waals surface area (Å²) in [6.07, 6.45) is 0. The van der Waals surface area contributed by atoms with Crippen molar-refractivity contribution in [2.24, 2.45) is 0 Å². The van der Waals surface area contributed by atoms with Crippen molar-refractivity contribution in [1.82, 2.24) is 0 Å². The zero-order valence-corrected chi connectivity index (χ0v) is 33.9. The highest BCUT2D eigenvalue weighted by atomic mass is 32.1. The minimum Gasteiger partial charge on any atom is -0.456 e. The molecule has 12 aromatic rings. The first kappa shape index (κ1) is 35.2. The van der Waals surface area contributed by atoms with E-state index >= 15 is 0 Å². The number of thiophene rings is 1. The number of furan rings is 1. The summed E-state index contributed by atoms with van der Waals surface area (Å²) >= 11 is 1.86. The van der Waals surface area contributed by atoms with E-state index in [1.165, 1.54) is 58.8 Å². The highest BCUT2D eigenvalue weighted by Gasteiger charge is 2.21. The minimum atomic E-state index is 0.889. The third-order valence-corrected chi connectivity index (χ3v) is 13.2. The molecule has 0 radical (unpaired) electrons. The number of hydrogen-bond acceptors (Lipinski definition) is 3. The second-order valence-electron chi connectivity index (χ2n) is 15.6. The Bertz CT molecular complexity index is 3590. The monoisotopic (exact) mass is 795 g/mol. The summed E-state index contributed by atoms with van der Waals surface area (Å²) in [7, 11) is 0. The van der Waals surface area contributed by atoms with Gasteiger partial charge in [0, 0.05) is 47.9 Å². The molecule has 2 aromatic heterocycles. The van der Waals surface area contributed by atoms with Crippen LogP contribution in [0.4, 0.5) is 17.1 Å². The van der Waals surface area contributed by atoms with Crippen molar-refractivity contribution in [3.63, 3.8) is 0 Å². The second kappa shape index (κ2) is 14.5. The van der Waals surface area contributed by atoms with Crippen LogP contribution in [0.5, 0.6) is 0 Å². The molecule has 0 aliphatic heterocycles. The highest BCUT2D eigenvalue weighted by molar-refractivity contribution is 7.25. The molecule has 0 spiro atoms. The van der Waals surface area contributed by atoms with Gasteiger partial charge in [0.05, 0.1) is 5.69 Å². The van der Waals surface area contributed by atoms with Crippen LogP contribution in [-0.4, -0.2) is 0 Å². The van der Waals surface area contributed by atoms with Gasteiger partial charge < -0.3 is 9.32 Å². The quantitative estimate of drug-likeness (QED) is 0.160. The van der Waals surface area contributed by atoms with Gasteiger partial charge in [0.15, 0.2) is 0 Å². The number of rotatable bonds is 7. The molecular formula is C58H37NOS. The first-order valence-electron chi connectivity index (χ1n) is 20.7. The van der Waals surface area contributed by atoms with Crippen LogP contribution in [0.25, 0.3) is 97.4 Å². The SMILES string of the molecule is c1ccc(-c2cccc3cccc(-c4ccccc4N(c4ccc(-c5cccc6sc7ccccc7c56)cc4)c4cccc(-c5cccc6oc7ccccc7c56)c4)c23)cc1. The summed E-state index contributed by atoms with van der Waals surface area (Å²) in [6, 6.07) is 81.2. The lowest BCUT2D eigenvalue weighted by Crippen LogP contribution is -2.11. The van der Waals surface area contributed by atoms with Crippen LogP contribution in [0.3, 0.4) is 0 Å². The predicted molar refractivity (Wildman–Crippen MR) is 261 cm³/mol. The summed E-state index contributed by atoms with van der Waals surface area (Å²) in [6.45, 7) is 0. The minimum absolute atomic E-state index is 0.889. The van der Waals surface area contributed by atoms with Gasteiger partial charge in [-0.25, -0.2) is 0 Å². The number of nitrogens with zero attached hydrogens (tertiary/aromatic N) is 1. The second-order valence-corrected chi connectivity index (χ2v) is 16.7. The molecule has 2 nitrogen and oxygen atoms in total. The Morgan fingerprint density at radius 1 is 0.328 bits per heavy atom. The predicted octanol–water partition coefficient (Wildman–Crippen LogP) is 17.2. The van der Waals surface area contributed by atoms with Gasteiger partial charge in [0.25, 0.3) is 0 Å². The molecule has 0 unspecified atom stereocenters. The lowest BCUT2D eigenvalue weighted by atomic mass is 9.90. The molecule has 0 aliphatic rings. The van der Waals surface area contributed by atoms with Gasteiger partial charge in [0.2, 0.25) is 0 Å². The Balaban J connectivity index is 1.07. The van der Waals surface area contributed by atoms with Gasteiger partial charge in [-0.3, -0.25) is 0 Å². The van der Waals surface area contributed by atoms with E-state index in [0.717, 1.165) is 55.7 Å². The van der Waals surface area contributed by atoms with Crippen LogP contribution >= 0.6 is 11.3 Å². The van der Waals surface area contributed by atoms with Gasteiger partial charge >= 0.3 is 0 Å². The van der Waals surface area contributed by atoms with E-state index in [-0.39, 0.29) is 0 Å². The lowest BCUT2D eigenvalue weighted by molar-refractivity contribution is 0.669. The zero-order valence-electron chi connectivity index (χ0n) is 33.1. The fourth-order valence-electron chi connectivity index (χ4n) is 9.38. The summed E-state index contributed by atoms with van der Waals surface area (Å²) in [5, 5.41) is 7.32. The molecule has 0 saturated carbocycles. The van der Waals surface area contributed by atoms with Crippen LogP contribution in [-0.2, 0) is 0 Å². The van der Waals surface area contributed by atoms with Gasteiger partial charge in [-0.1, -0.05) is 170 Å². The van der Waals surface area contributed by atoms with Crippen LogP contribution in [0.15, 0.2) is 229 Å². The van der Waals surface area contributed by atoms with Gasteiger partial charge in [0.1, 0.15) is 11.2 Å². The average Bonchev–Trinajstić information content (AvgIpc) is 3.91. The molecule has 12 rings (SSSR count). The molecule has 0 aliphatic carbocycles. The maximum absolute atomic E-state index is 6.36. The van der Waals surface area contributed by atoms with Crippen molar-refractivity contribution in [1.29, 1.82) is 0 Å². The summed E-state index contributed by atoms with van der Waals surface area (Å²) in [5.74, 6) is 0. The molecule has 10 aromatic carbocycles. The van der Waals surface area contributed by atoms with E-state index in [0.29, 0.717) is 0 Å². The molecular weight excluding hydrogens is 759 g/mol. The molecule has 61 heavy (non-hydrogen) atoms. The van der Waals surface area contributed by atoms with E-state index in [2.05, 4.69) is 223 Å². The average molecular weight is 796 g/mol. The molecule has 0 fully saturated rings. The Labute approximate surface area is 357 Å². The lowest BCUT2D eigenvalue weighted by Gasteiger charge is -2.29. The standard InChI is InChI=1S/C58H37NOS/c1-2-15-38(16-3-1)44-24-11-17-40-18-12-27-48(56(40)44)47-21-4-7-28-51(47)59(42-35-33-39(34-36-42)45-26-14-32-55-58(45)50-23-6-9-31-54(50)61-55)43-20-10-19-41(37-43)46-25-13-30-53-57(46)49-22-5-8-29-52(49)60-53/h1-37H. The third kappa shape index (κ3) is 5.93. The zero-order chi connectivity index (χ0) is 40.3. The highest BCUT2D eigenvalue weighted by Crippen LogP contribution is 2.47. The number of hydrogen-bond donors (Lipinski definition) is 0. The molecule has 0 saturated heterocycles. The molecule has 2 heterocycles. The van der Waals surface area contributed by atoms with E-state index in [9.17, 15) is 0 Å². The first-order valence-corrected chi connectivity index (χ1v) is 21.6. The van der Waals surface area contributed by atoms with Crippen LogP contribution in [0.2, 0.25) is 0 Å². The maximum Gasteiger partial charge on any atom is 0.136 e. The summed E-state index contributed by atoms with van der Waals surface area (Å²) < 4.78 is 8.97. The van der Waals surface area contributed by atoms with Crippen molar-refractivity contribution < 1.29 is 4.42 Å². The molecule has 0 N–H and O–H groups in total. The number of fused-ring (bicyclic) bond motifs is 7. The molecule has 0 bridgehead atoms. The first-order chi connectivity index (χ1) is 30.3. The van der Waals surface area contributed by atoms with Crippen LogP contribution in [0, 0.1) is 0 Å². The molecule has 286 valence electrons. The Hall–Kier alpha value is -7.72. The van der Waals surface area contributed by atoms with Crippen molar-refractivity contribution in [2.45, 2.75) is 0 Å². The van der Waals surface area contributed by atoms with Gasteiger partial charge in [-0.15, -0.1) is 11.3 Å². The van der Waals surface area contributed by atoms with Crippen molar-refractivity contribution in [3.05, 3.63) is 224 Å². The Kier molecular flexibility index (Phi) is 8.39. The summed E-state index contributed by atoms with van der Waals surface area (Å²) in [5.41, 5.74) is 14.5. The van der Waals surface area contributed by atoms with Crippen molar-refractivity contribution in [3.8, 4) is 44.5 Å². The normalized spacial score (nSPS) is 11.6. The van der Waals surface area contributed by atoms with E-state index in [1.807, 2.05) is 17.4 Å². The van der Waals surface area contributed by atoms with Crippen LogP contribution < -0.4 is 4.90 Å². The topological polar surface area (TPSA) is 16.4 Å². The molecule has 0 amide bonds. The van der Waals surface area contributed by atoms with Gasteiger partial charge in [-0.05, 0) is 104 Å². The maximum atomic E-state index is 6.36. The summed E-state index contributed by atoms with van der Waals surface area (Å²) in [4.78, 5) is 2.43. The largest absolute Gasteiger partial charge is 0.456 e. The van der Waals surface area contributed by atoms with E-state index in [1.54, 1.807) is 0 Å². The van der Waals surface area contributed by atoms with Crippen LogP contribution in [0.1, 0.15) is 0 Å². The Morgan fingerprint density at radius 2 is 0.902 bits per heavy atom. The Morgan fingerprint density at radius 3 is 1.75 bits per heavy atom. The molecule has 0 atom stereocenters. The molecule has 3 heteroatoms. The number of benzene rings is 10. The fraction of sp³-hybridized carbons (Fsp3) is 0. The van der Waals surface area contributed by atoms with Crippen molar-refractivity contribution >= 4 is 81.3 Å². The van der Waals surface area contributed by atoms with E-state index in [4.69, 9.17) is 4.42 Å².